The Hall–Kier alpha value is -4.85. The molecule has 1 saturated heterocycles. The van der Waals surface area contributed by atoms with Crippen LogP contribution in [0, 0.1) is 0 Å². The first-order chi connectivity index (χ1) is 20.0. The van der Waals surface area contributed by atoms with Crippen molar-refractivity contribution < 1.29 is 9.90 Å². The maximum Gasteiger partial charge on any atom is 0.326 e. The third kappa shape index (κ3) is 5.09. The maximum atomic E-state index is 12.8. The zero-order valence-electron chi connectivity index (χ0n) is 22.2. The van der Waals surface area contributed by atoms with Crippen LogP contribution in [0.1, 0.15) is 48.2 Å². The summed E-state index contributed by atoms with van der Waals surface area (Å²) in [4.78, 5) is 50.4. The largest absolute Gasteiger partial charge is 0.493 e. The third-order valence-corrected chi connectivity index (χ3v) is 7.41. The van der Waals surface area contributed by atoms with Crippen LogP contribution in [0.15, 0.2) is 40.5 Å². The number of imidazole rings is 2. The predicted molar refractivity (Wildman–Crippen MR) is 148 cm³/mol. The van der Waals surface area contributed by atoms with E-state index in [4.69, 9.17) is 15.0 Å². The van der Waals surface area contributed by atoms with E-state index in [1.54, 1.807) is 39.8 Å². The molecule has 5 heterocycles. The molecule has 4 N–H and O–H groups in total. The smallest absolute Gasteiger partial charge is 0.326 e. The highest BCUT2D eigenvalue weighted by atomic mass is 16.3. The van der Waals surface area contributed by atoms with E-state index >= 15 is 0 Å². The molecule has 2 aliphatic rings. The Morgan fingerprint density at radius 2 is 2.05 bits per heavy atom. The second-order valence-corrected chi connectivity index (χ2v) is 10.5. The number of aromatic amines is 2. The number of likely N-dealkylation sites (tertiary alicyclic amines) is 1. The van der Waals surface area contributed by atoms with Crippen LogP contribution in [-0.4, -0.2) is 87.2 Å². The average Bonchev–Trinajstić information content (AvgIpc) is 3.33. The molecule has 0 radical (unpaired) electrons. The average molecular weight is 556 g/mol. The number of aromatic hydroxyl groups is 1. The molecule has 4 aromatic heterocycles. The van der Waals surface area contributed by atoms with Gasteiger partial charge < -0.3 is 20.3 Å². The first-order valence-corrected chi connectivity index (χ1v) is 13.8. The topological polar surface area (TPSA) is 174 Å². The zero-order chi connectivity index (χ0) is 27.9. The van der Waals surface area contributed by atoms with Gasteiger partial charge >= 0.3 is 5.69 Å². The van der Waals surface area contributed by atoms with Crippen molar-refractivity contribution in [3.8, 4) is 11.8 Å². The van der Waals surface area contributed by atoms with E-state index in [2.05, 4.69) is 30.3 Å². The van der Waals surface area contributed by atoms with E-state index in [-0.39, 0.29) is 23.5 Å². The lowest BCUT2D eigenvalue weighted by Crippen LogP contribution is -2.28. The van der Waals surface area contributed by atoms with Crippen molar-refractivity contribution in [3.63, 3.8) is 0 Å². The zero-order valence-corrected chi connectivity index (χ0v) is 22.2. The van der Waals surface area contributed by atoms with E-state index in [9.17, 15) is 14.7 Å². The Bertz CT molecular complexity index is 1940. The Labute approximate surface area is 232 Å². The van der Waals surface area contributed by atoms with Crippen LogP contribution in [-0.2, 0) is 0 Å². The molecule has 7 rings (SSSR count). The SMILES string of the molecule is O=C(NCCCN1CCCC1)c1ccc2c(c1)ncn2-c1nc(=NC2CC2)n2ncc(=Cc3[nH]c(=O)[nH]c3O)c2n1. The van der Waals surface area contributed by atoms with Gasteiger partial charge in [-0.2, -0.15) is 19.6 Å². The van der Waals surface area contributed by atoms with Crippen LogP contribution in [0.5, 0.6) is 5.88 Å². The number of hydrogen-bond donors (Lipinski definition) is 4. The normalized spacial score (nSPS) is 16.9. The first kappa shape index (κ1) is 25.1. The third-order valence-electron chi connectivity index (χ3n) is 7.41. The molecule has 5 aromatic rings. The fourth-order valence-corrected chi connectivity index (χ4v) is 5.10. The van der Waals surface area contributed by atoms with Gasteiger partial charge in [-0.25, -0.2) is 14.8 Å². The number of fused-ring (bicyclic) bond motifs is 2. The molecule has 0 bridgehead atoms. The molecule has 1 saturated carbocycles. The number of aromatic nitrogens is 8. The van der Waals surface area contributed by atoms with Gasteiger partial charge in [0.1, 0.15) is 12.0 Å². The highest BCUT2D eigenvalue weighted by Crippen LogP contribution is 2.22. The molecule has 2 fully saturated rings. The highest BCUT2D eigenvalue weighted by molar-refractivity contribution is 5.97. The summed E-state index contributed by atoms with van der Waals surface area (Å²) in [5.41, 5.74) is 2.43. The van der Waals surface area contributed by atoms with E-state index in [1.807, 2.05) is 6.07 Å². The number of carbonyl (C=O) groups excluding carboxylic acids is 1. The van der Waals surface area contributed by atoms with Gasteiger partial charge in [-0.05, 0) is 76.0 Å². The molecule has 0 unspecified atom stereocenters. The van der Waals surface area contributed by atoms with Gasteiger partial charge in [0, 0.05) is 17.3 Å². The summed E-state index contributed by atoms with van der Waals surface area (Å²) in [5, 5.41) is 18.0. The van der Waals surface area contributed by atoms with Crippen molar-refractivity contribution in [1.29, 1.82) is 0 Å². The number of nitrogens with one attached hydrogen (secondary N) is 3. The maximum absolute atomic E-state index is 12.8. The van der Waals surface area contributed by atoms with Crippen LogP contribution in [0.4, 0.5) is 0 Å². The summed E-state index contributed by atoms with van der Waals surface area (Å²) in [5.74, 6) is -0.0736. The lowest BCUT2D eigenvalue weighted by Gasteiger charge is -2.14. The first-order valence-electron chi connectivity index (χ1n) is 13.8. The molecule has 14 nitrogen and oxygen atoms in total. The van der Waals surface area contributed by atoms with Gasteiger partial charge in [-0.15, -0.1) is 0 Å². The van der Waals surface area contributed by atoms with E-state index in [0.717, 1.165) is 44.4 Å². The predicted octanol–water partition coefficient (Wildman–Crippen LogP) is 0.0117. The summed E-state index contributed by atoms with van der Waals surface area (Å²) in [7, 11) is 0. The van der Waals surface area contributed by atoms with Crippen molar-refractivity contribution in [1.82, 2.24) is 49.3 Å². The van der Waals surface area contributed by atoms with E-state index in [1.165, 1.54) is 12.8 Å². The van der Waals surface area contributed by atoms with Crippen molar-refractivity contribution in [2.75, 3.05) is 26.2 Å². The van der Waals surface area contributed by atoms with Crippen LogP contribution in [0.25, 0.3) is 28.7 Å². The minimum absolute atomic E-state index is 0.128. The lowest BCUT2D eigenvalue weighted by atomic mass is 10.2. The van der Waals surface area contributed by atoms with Crippen LogP contribution >= 0.6 is 0 Å². The molecule has 41 heavy (non-hydrogen) atoms. The minimum atomic E-state index is -0.523. The van der Waals surface area contributed by atoms with Crippen LogP contribution < -0.4 is 21.8 Å². The Morgan fingerprint density at radius 3 is 2.83 bits per heavy atom. The molecular weight excluding hydrogens is 526 g/mol. The minimum Gasteiger partial charge on any atom is -0.493 e. The Balaban J connectivity index is 1.20. The molecule has 1 aromatic carbocycles. The molecule has 1 aliphatic carbocycles. The number of benzene rings is 1. The van der Waals surface area contributed by atoms with E-state index in [0.29, 0.717) is 40.1 Å². The molecular formula is C27H29N11O3. The van der Waals surface area contributed by atoms with Gasteiger partial charge in [0.25, 0.3) is 11.5 Å². The molecule has 210 valence electrons. The van der Waals surface area contributed by atoms with Crippen molar-refractivity contribution in [2.24, 2.45) is 4.99 Å². The van der Waals surface area contributed by atoms with E-state index < -0.39 is 5.69 Å². The highest BCUT2D eigenvalue weighted by Gasteiger charge is 2.21. The van der Waals surface area contributed by atoms with Gasteiger partial charge in [-0.1, -0.05) is 0 Å². The van der Waals surface area contributed by atoms with Gasteiger partial charge in [0.2, 0.25) is 11.8 Å². The van der Waals surface area contributed by atoms with Crippen LogP contribution in [0.3, 0.4) is 0 Å². The number of nitrogens with zero attached hydrogens (tertiary/aromatic N) is 8. The fraction of sp³-hybridized carbons (Fsp3) is 0.370. The second-order valence-electron chi connectivity index (χ2n) is 10.5. The van der Waals surface area contributed by atoms with Gasteiger partial charge in [-0.3, -0.25) is 14.3 Å². The lowest BCUT2D eigenvalue weighted by molar-refractivity contribution is 0.0952. The number of amides is 1. The number of carbonyl (C=O) groups is 1. The van der Waals surface area contributed by atoms with Gasteiger partial charge in [0.15, 0.2) is 5.65 Å². The molecule has 1 amide bonds. The molecule has 14 heteroatoms. The summed E-state index contributed by atoms with van der Waals surface area (Å²) < 4.78 is 3.28. The summed E-state index contributed by atoms with van der Waals surface area (Å²) >= 11 is 0. The standard InChI is InChI=1S/C27H29N11O3/c39-23(28-8-3-11-36-9-1-2-10-36)16-4-7-21-19(12-16)29-15-37(21)25-33-22-17(13-20-24(40)34-27(41)32-20)14-30-38(22)26(35-25)31-18-5-6-18/h4,7,12-15,18,40H,1-3,5-6,8-11H2,(H,28,39)(H2,32,34,41). The molecule has 0 spiro atoms. The summed E-state index contributed by atoms with van der Waals surface area (Å²) in [6.07, 6.45) is 10.2. The number of H-pyrrole nitrogens is 2. The Morgan fingerprint density at radius 1 is 1.20 bits per heavy atom. The van der Waals surface area contributed by atoms with Crippen LogP contribution in [0.2, 0.25) is 0 Å². The summed E-state index contributed by atoms with van der Waals surface area (Å²) in [6, 6.07) is 5.55. The summed E-state index contributed by atoms with van der Waals surface area (Å²) in [6.45, 7) is 3.93. The van der Waals surface area contributed by atoms with Crippen molar-refractivity contribution in [2.45, 2.75) is 38.1 Å². The number of rotatable bonds is 8. The Kier molecular flexibility index (Phi) is 6.30. The van der Waals surface area contributed by atoms with Gasteiger partial charge in [0.05, 0.1) is 23.3 Å². The quantitative estimate of drug-likeness (QED) is 0.194. The second kappa shape index (κ2) is 10.3. The molecule has 1 aliphatic heterocycles. The van der Waals surface area contributed by atoms with Crippen molar-refractivity contribution in [3.05, 3.63) is 63.3 Å². The number of hydrogen-bond acceptors (Lipinski definition) is 9. The molecule has 0 atom stereocenters. The fourth-order valence-electron chi connectivity index (χ4n) is 5.10. The van der Waals surface area contributed by atoms with Crippen molar-refractivity contribution >= 4 is 28.7 Å². The monoisotopic (exact) mass is 555 g/mol.